The Bertz CT molecular complexity index is 1070. The van der Waals surface area contributed by atoms with Crippen LogP contribution in [0.25, 0.3) is 16.9 Å². The third-order valence-corrected chi connectivity index (χ3v) is 3.98. The van der Waals surface area contributed by atoms with E-state index < -0.39 is 23.5 Å². The van der Waals surface area contributed by atoms with Crippen LogP contribution < -0.4 is 5.32 Å². The molecule has 0 bridgehead atoms. The quantitative estimate of drug-likeness (QED) is 0.681. The molecule has 0 radical (unpaired) electrons. The number of rotatable bonds is 5. The maximum absolute atomic E-state index is 15.0. The fraction of sp³-hybridized carbons (Fsp3) is 0.300. The summed E-state index contributed by atoms with van der Waals surface area (Å²) in [6.07, 6.45) is 1.21. The van der Waals surface area contributed by atoms with E-state index in [4.69, 9.17) is 4.74 Å². The molecule has 8 nitrogen and oxygen atoms in total. The second-order valence-corrected chi connectivity index (χ2v) is 7.38. The van der Waals surface area contributed by atoms with E-state index >= 15 is 4.39 Å². The monoisotopic (exact) mass is 400 g/mol. The molecule has 0 spiro atoms. The summed E-state index contributed by atoms with van der Waals surface area (Å²) in [5.41, 5.74) is -0.0915. The molecule has 152 valence electrons. The van der Waals surface area contributed by atoms with Gasteiger partial charge in [0, 0.05) is 12.7 Å². The average molecular weight is 400 g/mol. The number of carboxylic acids is 1. The van der Waals surface area contributed by atoms with Gasteiger partial charge in [-0.15, -0.1) is 5.10 Å². The lowest BCUT2D eigenvalue weighted by Crippen LogP contribution is -2.33. The Balaban J connectivity index is 1.83. The van der Waals surface area contributed by atoms with Crippen LogP contribution in [0.3, 0.4) is 0 Å². The summed E-state index contributed by atoms with van der Waals surface area (Å²) in [7, 11) is 0. The summed E-state index contributed by atoms with van der Waals surface area (Å²) in [5, 5.41) is 16.2. The number of nitrogens with zero attached hydrogens (tertiary/aromatic N) is 3. The summed E-state index contributed by atoms with van der Waals surface area (Å²) >= 11 is 0. The van der Waals surface area contributed by atoms with Crippen molar-refractivity contribution in [3.63, 3.8) is 0 Å². The molecule has 0 aliphatic heterocycles. The molecular formula is C20H21FN4O4. The Kier molecular flexibility index (Phi) is 5.49. The number of halogens is 1. The van der Waals surface area contributed by atoms with Gasteiger partial charge in [0.05, 0.1) is 11.1 Å². The highest BCUT2D eigenvalue weighted by Gasteiger charge is 2.19. The van der Waals surface area contributed by atoms with Crippen molar-refractivity contribution >= 4 is 17.6 Å². The van der Waals surface area contributed by atoms with Crippen molar-refractivity contribution in [2.24, 2.45) is 0 Å². The van der Waals surface area contributed by atoms with Crippen LogP contribution in [-0.2, 0) is 11.2 Å². The second-order valence-electron chi connectivity index (χ2n) is 7.38. The molecule has 0 aliphatic rings. The van der Waals surface area contributed by atoms with Gasteiger partial charge >= 0.3 is 12.1 Å². The molecule has 3 aromatic rings. The maximum Gasteiger partial charge on any atom is 0.407 e. The van der Waals surface area contributed by atoms with Crippen LogP contribution in [-0.4, -0.2) is 43.9 Å². The molecule has 0 saturated carbocycles. The lowest BCUT2D eigenvalue weighted by molar-refractivity contribution is 0.0527. The number of carboxylic acid groups (broad SMARTS) is 1. The predicted molar refractivity (Wildman–Crippen MR) is 103 cm³/mol. The smallest absolute Gasteiger partial charge is 0.407 e. The number of aromatic nitrogens is 3. The zero-order chi connectivity index (χ0) is 21.2. The summed E-state index contributed by atoms with van der Waals surface area (Å²) in [6, 6.07) is 7.90. The van der Waals surface area contributed by atoms with Crippen LogP contribution in [0.5, 0.6) is 0 Å². The zero-order valence-electron chi connectivity index (χ0n) is 16.3. The van der Waals surface area contributed by atoms with Crippen molar-refractivity contribution < 1.29 is 23.8 Å². The first-order chi connectivity index (χ1) is 13.7. The van der Waals surface area contributed by atoms with Gasteiger partial charge in [0.25, 0.3) is 0 Å². The second kappa shape index (κ2) is 7.86. The fourth-order valence-electron chi connectivity index (χ4n) is 2.77. The maximum atomic E-state index is 15.0. The molecule has 2 heterocycles. The minimum atomic E-state index is -1.23. The van der Waals surface area contributed by atoms with Crippen molar-refractivity contribution in [3.8, 4) is 11.4 Å². The van der Waals surface area contributed by atoms with Crippen molar-refractivity contribution in [2.45, 2.75) is 32.8 Å². The van der Waals surface area contributed by atoms with Crippen molar-refractivity contribution in [2.75, 3.05) is 6.54 Å². The molecule has 0 unspecified atom stereocenters. The van der Waals surface area contributed by atoms with Gasteiger partial charge in [0.2, 0.25) is 0 Å². The van der Waals surface area contributed by atoms with E-state index in [1.165, 1.54) is 10.6 Å². The van der Waals surface area contributed by atoms with Gasteiger partial charge in [0.1, 0.15) is 11.4 Å². The number of carbonyl (C=O) groups is 2. The number of hydrogen-bond donors (Lipinski definition) is 2. The highest BCUT2D eigenvalue weighted by Crippen LogP contribution is 2.23. The number of ether oxygens (including phenoxy) is 1. The largest absolute Gasteiger partial charge is 0.476 e. The molecule has 0 saturated heterocycles. The molecule has 3 rings (SSSR count). The number of aromatic carboxylic acids is 1. The summed E-state index contributed by atoms with van der Waals surface area (Å²) in [6.45, 7) is 5.43. The van der Waals surface area contributed by atoms with Crippen LogP contribution in [0.1, 0.15) is 36.8 Å². The van der Waals surface area contributed by atoms with Gasteiger partial charge in [-0.25, -0.2) is 23.5 Å². The summed E-state index contributed by atoms with van der Waals surface area (Å²) in [5.74, 6) is -1.83. The normalized spacial score (nSPS) is 11.4. The molecule has 0 atom stereocenters. The van der Waals surface area contributed by atoms with Crippen LogP contribution in [0.4, 0.5) is 9.18 Å². The van der Waals surface area contributed by atoms with Crippen LogP contribution >= 0.6 is 0 Å². The Morgan fingerprint density at radius 1 is 1.24 bits per heavy atom. The van der Waals surface area contributed by atoms with E-state index in [1.54, 1.807) is 51.2 Å². The van der Waals surface area contributed by atoms with Crippen molar-refractivity contribution in [1.29, 1.82) is 0 Å². The molecule has 1 aromatic carbocycles. The number of fused-ring (bicyclic) bond motifs is 1. The molecule has 2 N–H and O–H groups in total. The van der Waals surface area contributed by atoms with Gasteiger partial charge in [-0.05, 0) is 51.0 Å². The van der Waals surface area contributed by atoms with E-state index in [1.807, 2.05) is 0 Å². The number of carbonyl (C=O) groups excluding carboxylic acids is 1. The molecular weight excluding hydrogens is 379 g/mol. The number of amides is 1. The number of nitrogens with one attached hydrogen (secondary N) is 1. The van der Waals surface area contributed by atoms with E-state index in [2.05, 4.69) is 15.4 Å². The molecule has 2 aromatic heterocycles. The van der Waals surface area contributed by atoms with Crippen LogP contribution in [0.15, 0.2) is 36.5 Å². The van der Waals surface area contributed by atoms with Gasteiger partial charge in [-0.3, -0.25) is 0 Å². The lowest BCUT2D eigenvalue weighted by atomic mass is 10.1. The first-order valence-corrected chi connectivity index (χ1v) is 8.99. The van der Waals surface area contributed by atoms with Gasteiger partial charge in [-0.2, -0.15) is 0 Å². The topological polar surface area (TPSA) is 106 Å². The average Bonchev–Trinajstić information content (AvgIpc) is 3.09. The first-order valence-electron chi connectivity index (χ1n) is 8.99. The van der Waals surface area contributed by atoms with E-state index in [9.17, 15) is 14.7 Å². The van der Waals surface area contributed by atoms with Gasteiger partial charge in [-0.1, -0.05) is 12.1 Å². The Morgan fingerprint density at radius 3 is 2.69 bits per heavy atom. The molecule has 1 amide bonds. The highest BCUT2D eigenvalue weighted by atomic mass is 19.1. The third kappa shape index (κ3) is 4.68. The van der Waals surface area contributed by atoms with Crippen molar-refractivity contribution in [3.05, 3.63) is 53.6 Å². The van der Waals surface area contributed by atoms with Gasteiger partial charge in [0.15, 0.2) is 11.5 Å². The molecule has 0 fully saturated rings. The Hall–Kier alpha value is -3.49. The first kappa shape index (κ1) is 20.2. The molecule has 9 heteroatoms. The summed E-state index contributed by atoms with van der Waals surface area (Å²) in [4.78, 5) is 27.3. The predicted octanol–water partition coefficient (Wildman–Crippen LogP) is 3.30. The fourth-order valence-corrected chi connectivity index (χ4v) is 2.77. The van der Waals surface area contributed by atoms with Crippen LogP contribution in [0.2, 0.25) is 0 Å². The van der Waals surface area contributed by atoms with Crippen LogP contribution in [0, 0.1) is 5.82 Å². The highest BCUT2D eigenvalue weighted by molar-refractivity contribution is 5.93. The standard InChI is InChI=1S/C20H21FN4O4/c1-20(2,3)29-19(28)22-10-9-12-6-4-7-13(15(12)21)17-23-16(18(26)27)14-8-5-11-25(14)24-17/h4-8,11H,9-10H2,1-3H3,(H,22,28)(H,26,27). The molecule has 29 heavy (non-hydrogen) atoms. The number of alkyl carbamates (subject to hydrolysis) is 1. The Labute approximate surface area is 166 Å². The third-order valence-electron chi connectivity index (χ3n) is 3.98. The number of benzene rings is 1. The van der Waals surface area contributed by atoms with E-state index in [0.717, 1.165) is 0 Å². The lowest BCUT2D eigenvalue weighted by Gasteiger charge is -2.19. The molecule has 0 aliphatic carbocycles. The SMILES string of the molecule is CC(C)(C)OC(=O)NCCc1cccc(-c2nc(C(=O)O)c3cccn3n2)c1F. The number of hydrogen-bond acceptors (Lipinski definition) is 5. The van der Waals surface area contributed by atoms with Gasteiger partial charge < -0.3 is 15.2 Å². The summed E-state index contributed by atoms with van der Waals surface area (Å²) < 4.78 is 21.5. The minimum Gasteiger partial charge on any atom is -0.476 e. The minimum absolute atomic E-state index is 0.0365. The van der Waals surface area contributed by atoms with E-state index in [0.29, 0.717) is 11.1 Å². The zero-order valence-corrected chi connectivity index (χ0v) is 16.3. The Morgan fingerprint density at radius 2 is 2.00 bits per heavy atom. The van der Waals surface area contributed by atoms with Crippen molar-refractivity contribution in [1.82, 2.24) is 19.9 Å². The van der Waals surface area contributed by atoms with E-state index in [-0.39, 0.29) is 30.0 Å².